The highest BCUT2D eigenvalue weighted by Crippen LogP contribution is 2.20. The van der Waals surface area contributed by atoms with Crippen molar-refractivity contribution in [1.29, 1.82) is 0 Å². The van der Waals surface area contributed by atoms with Crippen LogP contribution in [0.1, 0.15) is 0 Å². The third-order valence-electron chi connectivity index (χ3n) is 5.06. The lowest BCUT2D eigenvalue weighted by Crippen LogP contribution is -2.55. The van der Waals surface area contributed by atoms with Crippen molar-refractivity contribution in [2.45, 2.75) is 12.1 Å². The molecule has 2 atom stereocenters. The molecule has 3 rings (SSSR count). The first-order valence-electron chi connectivity index (χ1n) is 8.76. The Bertz CT molecular complexity index is 572. The van der Waals surface area contributed by atoms with Crippen LogP contribution in [0.25, 0.3) is 0 Å². The average Bonchev–Trinajstić information content (AvgIpc) is 3.01. The van der Waals surface area contributed by atoms with E-state index in [0.717, 1.165) is 50.7 Å². The minimum atomic E-state index is 0.0109. The van der Waals surface area contributed by atoms with Crippen molar-refractivity contribution >= 4 is 11.7 Å². The second-order valence-electron chi connectivity index (χ2n) is 6.72. The van der Waals surface area contributed by atoms with Gasteiger partial charge in [-0.3, -0.25) is 0 Å². The first-order valence-corrected chi connectivity index (χ1v) is 8.76. The molecule has 0 saturated carbocycles. The zero-order chi connectivity index (χ0) is 17.8. The van der Waals surface area contributed by atoms with E-state index < -0.39 is 0 Å². The van der Waals surface area contributed by atoms with Crippen LogP contribution in [0.5, 0.6) is 5.75 Å². The van der Waals surface area contributed by atoms with Crippen molar-refractivity contribution < 1.29 is 14.3 Å². The first kappa shape index (κ1) is 17.8. The third kappa shape index (κ3) is 4.16. The molecule has 2 aliphatic heterocycles. The summed E-state index contributed by atoms with van der Waals surface area (Å²) in [6.45, 7) is 4.79. The van der Waals surface area contributed by atoms with Crippen LogP contribution in [-0.4, -0.2) is 88.5 Å². The summed E-state index contributed by atoms with van der Waals surface area (Å²) in [5.74, 6) is 0.857. The van der Waals surface area contributed by atoms with Crippen LogP contribution in [0.3, 0.4) is 0 Å². The lowest BCUT2D eigenvalue weighted by Gasteiger charge is -2.36. The number of amides is 2. The summed E-state index contributed by atoms with van der Waals surface area (Å²) in [7, 11) is 5.42. The highest BCUT2D eigenvalue weighted by molar-refractivity contribution is 5.75. The summed E-state index contributed by atoms with van der Waals surface area (Å²) in [4.78, 5) is 18.9. The number of likely N-dealkylation sites (N-methyl/N-ethyl adjacent to an activating group) is 1. The summed E-state index contributed by atoms with van der Waals surface area (Å²) >= 11 is 0. The lowest BCUT2D eigenvalue weighted by atomic mass is 10.2. The molecule has 7 nitrogen and oxygen atoms in total. The Morgan fingerprint density at radius 2 is 1.76 bits per heavy atom. The predicted molar refractivity (Wildman–Crippen MR) is 97.4 cm³/mol. The number of nitrogens with one attached hydrogen (secondary N) is 1. The summed E-state index contributed by atoms with van der Waals surface area (Å²) in [6, 6.07) is 8.13. The molecular formula is C18H28N4O3. The molecule has 0 aliphatic carbocycles. The number of hydrogen-bond acceptors (Lipinski definition) is 5. The van der Waals surface area contributed by atoms with E-state index in [0.29, 0.717) is 0 Å². The van der Waals surface area contributed by atoms with Crippen LogP contribution in [0.4, 0.5) is 10.5 Å². The van der Waals surface area contributed by atoms with Gasteiger partial charge in [-0.2, -0.15) is 0 Å². The van der Waals surface area contributed by atoms with Crippen LogP contribution < -0.4 is 15.0 Å². The highest BCUT2D eigenvalue weighted by Gasteiger charge is 2.33. The number of likely N-dealkylation sites (tertiary alicyclic amines) is 1. The number of piperazine rings is 1. The SMILES string of the molecule is COc1ccc(N2CCN(C(=O)N[C@H]3CN(C)C[C@@H]3OC)CC2)cc1. The van der Waals surface area contributed by atoms with Crippen LogP contribution in [0, 0.1) is 0 Å². The number of carbonyl (C=O) groups is 1. The number of anilines is 1. The number of rotatable bonds is 4. The van der Waals surface area contributed by atoms with E-state index in [4.69, 9.17) is 9.47 Å². The van der Waals surface area contributed by atoms with Gasteiger partial charge in [0.1, 0.15) is 5.75 Å². The topological polar surface area (TPSA) is 57.3 Å². The second-order valence-corrected chi connectivity index (χ2v) is 6.72. The molecule has 0 radical (unpaired) electrons. The van der Waals surface area contributed by atoms with Crippen LogP contribution in [0.2, 0.25) is 0 Å². The largest absolute Gasteiger partial charge is 0.497 e. The highest BCUT2D eigenvalue weighted by atomic mass is 16.5. The van der Waals surface area contributed by atoms with Crippen molar-refractivity contribution in [2.75, 3.05) is 65.4 Å². The van der Waals surface area contributed by atoms with Crippen molar-refractivity contribution in [1.82, 2.24) is 15.1 Å². The van der Waals surface area contributed by atoms with Crippen LogP contribution in [0.15, 0.2) is 24.3 Å². The summed E-state index contributed by atoms with van der Waals surface area (Å²) in [5, 5.41) is 3.13. The van der Waals surface area contributed by atoms with Crippen molar-refractivity contribution in [2.24, 2.45) is 0 Å². The number of ether oxygens (including phenoxy) is 2. The van der Waals surface area contributed by atoms with E-state index in [1.165, 1.54) is 0 Å². The number of hydrogen-bond donors (Lipinski definition) is 1. The fraction of sp³-hybridized carbons (Fsp3) is 0.611. The molecule has 1 aromatic rings. The predicted octanol–water partition coefficient (Wildman–Crippen LogP) is 0.856. The number of methoxy groups -OCH3 is 2. The van der Waals surface area contributed by atoms with Gasteiger partial charge >= 0.3 is 6.03 Å². The first-order chi connectivity index (χ1) is 12.1. The molecule has 25 heavy (non-hydrogen) atoms. The molecule has 2 amide bonds. The Hall–Kier alpha value is -1.99. The Balaban J connectivity index is 1.50. The Kier molecular flexibility index (Phi) is 5.65. The van der Waals surface area contributed by atoms with Crippen molar-refractivity contribution in [3.63, 3.8) is 0 Å². The number of nitrogens with zero attached hydrogens (tertiary/aromatic N) is 3. The van der Waals surface area contributed by atoms with Gasteiger partial charge < -0.3 is 29.5 Å². The fourth-order valence-corrected chi connectivity index (χ4v) is 3.55. The maximum atomic E-state index is 12.6. The van der Waals surface area contributed by atoms with Gasteiger partial charge in [0.25, 0.3) is 0 Å². The van der Waals surface area contributed by atoms with Gasteiger partial charge in [-0.15, -0.1) is 0 Å². The number of benzene rings is 1. The van der Waals surface area contributed by atoms with E-state index in [1.54, 1.807) is 14.2 Å². The molecule has 2 heterocycles. The minimum Gasteiger partial charge on any atom is -0.497 e. The van der Waals surface area contributed by atoms with E-state index >= 15 is 0 Å². The fourth-order valence-electron chi connectivity index (χ4n) is 3.55. The summed E-state index contributed by atoms with van der Waals surface area (Å²) in [6.07, 6.45) is 0.0644. The maximum absolute atomic E-state index is 12.6. The van der Waals surface area contributed by atoms with E-state index in [9.17, 15) is 4.79 Å². The van der Waals surface area contributed by atoms with Gasteiger partial charge in [0.15, 0.2) is 0 Å². The van der Waals surface area contributed by atoms with E-state index in [2.05, 4.69) is 27.2 Å². The van der Waals surface area contributed by atoms with Gasteiger partial charge in [0.2, 0.25) is 0 Å². The van der Waals surface area contributed by atoms with Crippen molar-refractivity contribution in [3.8, 4) is 5.75 Å². The third-order valence-corrected chi connectivity index (χ3v) is 5.06. The van der Waals surface area contributed by atoms with Gasteiger partial charge in [-0.25, -0.2) is 4.79 Å². The number of carbonyl (C=O) groups excluding carboxylic acids is 1. The zero-order valence-corrected chi connectivity index (χ0v) is 15.3. The molecular weight excluding hydrogens is 320 g/mol. The zero-order valence-electron chi connectivity index (χ0n) is 15.3. The molecule has 2 saturated heterocycles. The van der Waals surface area contributed by atoms with Crippen molar-refractivity contribution in [3.05, 3.63) is 24.3 Å². The molecule has 1 aromatic carbocycles. The number of urea groups is 1. The lowest BCUT2D eigenvalue weighted by molar-refractivity contribution is 0.0906. The second kappa shape index (κ2) is 7.93. The smallest absolute Gasteiger partial charge is 0.317 e. The molecule has 138 valence electrons. The molecule has 0 spiro atoms. The molecule has 7 heteroatoms. The van der Waals surface area contributed by atoms with Gasteiger partial charge in [0, 0.05) is 52.1 Å². The van der Waals surface area contributed by atoms with Crippen LogP contribution in [-0.2, 0) is 4.74 Å². The molecule has 0 aromatic heterocycles. The normalized spacial score (nSPS) is 24.4. The van der Waals surface area contributed by atoms with E-state index in [1.807, 2.05) is 24.1 Å². The monoisotopic (exact) mass is 348 g/mol. The minimum absolute atomic E-state index is 0.0109. The maximum Gasteiger partial charge on any atom is 0.317 e. The molecule has 0 bridgehead atoms. The van der Waals surface area contributed by atoms with Crippen LogP contribution >= 0.6 is 0 Å². The summed E-state index contributed by atoms with van der Waals surface area (Å²) in [5.41, 5.74) is 1.16. The van der Waals surface area contributed by atoms with Gasteiger partial charge in [-0.1, -0.05) is 0 Å². The summed E-state index contributed by atoms with van der Waals surface area (Å²) < 4.78 is 10.7. The van der Waals surface area contributed by atoms with Gasteiger partial charge in [-0.05, 0) is 31.3 Å². The quantitative estimate of drug-likeness (QED) is 0.875. The Morgan fingerprint density at radius 3 is 2.36 bits per heavy atom. The average molecular weight is 348 g/mol. The molecule has 0 unspecified atom stereocenters. The Morgan fingerprint density at radius 1 is 1.08 bits per heavy atom. The molecule has 2 fully saturated rings. The molecule has 1 N–H and O–H groups in total. The van der Waals surface area contributed by atoms with E-state index in [-0.39, 0.29) is 18.2 Å². The Labute approximate surface area is 149 Å². The molecule has 2 aliphatic rings. The standard InChI is InChI=1S/C18H28N4O3/c1-20-12-16(17(13-20)25-3)19-18(23)22-10-8-21(9-11-22)14-4-6-15(24-2)7-5-14/h4-7,16-17H,8-13H2,1-3H3,(H,19,23)/t16-,17-/m0/s1. The van der Waals surface area contributed by atoms with Gasteiger partial charge in [0.05, 0.1) is 19.3 Å².